The Morgan fingerprint density at radius 2 is 2.00 bits per heavy atom. The number of aliphatic hydroxyl groups excluding tert-OH is 1. The molecule has 0 aliphatic rings. The van der Waals surface area contributed by atoms with E-state index in [0.717, 1.165) is 12.1 Å². The van der Waals surface area contributed by atoms with Gasteiger partial charge in [0.25, 0.3) is 0 Å². The molecule has 104 valence electrons. The zero-order valence-electron chi connectivity index (χ0n) is 9.93. The summed E-state index contributed by atoms with van der Waals surface area (Å²) in [6.45, 7) is -0.539. The molecule has 0 unspecified atom stereocenters. The number of hydrogen-bond donors (Lipinski definition) is 1. The molecule has 1 aromatic rings. The summed E-state index contributed by atoms with van der Waals surface area (Å²) in [4.78, 5) is 0. The minimum absolute atomic E-state index is 0.140. The molecule has 0 fully saturated rings. The van der Waals surface area contributed by atoms with Gasteiger partial charge in [0, 0.05) is 6.42 Å². The predicted molar refractivity (Wildman–Crippen MR) is 61.1 cm³/mol. The van der Waals surface area contributed by atoms with Crippen LogP contribution in [0.5, 0.6) is 5.75 Å². The predicted octanol–water partition coefficient (Wildman–Crippen LogP) is 2.89. The van der Waals surface area contributed by atoms with Crippen LogP contribution in [0.3, 0.4) is 0 Å². The molecule has 19 heavy (non-hydrogen) atoms. The molecule has 0 aliphatic heterocycles. The lowest BCUT2D eigenvalue weighted by Gasteiger charge is -2.09. The van der Waals surface area contributed by atoms with Crippen molar-refractivity contribution in [1.29, 1.82) is 0 Å². The van der Waals surface area contributed by atoms with Crippen LogP contribution in [0.15, 0.2) is 18.2 Å². The number of hydrogen-bond acceptors (Lipinski definition) is 2. The third-order valence-corrected chi connectivity index (χ3v) is 2.11. The minimum atomic E-state index is -4.22. The number of ether oxygens (including phenoxy) is 1. The monoisotopic (exact) mass is 276 g/mol. The van der Waals surface area contributed by atoms with Crippen LogP contribution in [-0.4, -0.2) is 24.5 Å². The Balaban J connectivity index is 2.62. The zero-order valence-corrected chi connectivity index (χ0v) is 9.93. The highest BCUT2D eigenvalue weighted by atomic mass is 19.4. The van der Waals surface area contributed by atoms with Crippen LogP contribution in [0.4, 0.5) is 17.6 Å². The lowest BCUT2D eigenvalue weighted by Crippen LogP contribution is -2.10. The first kappa shape index (κ1) is 15.3. The Bertz CT molecular complexity index is 472. The highest BCUT2D eigenvalue weighted by Gasteiger charge is 2.26. The molecule has 0 saturated carbocycles. The quantitative estimate of drug-likeness (QED) is 0.520. The highest BCUT2D eigenvalue weighted by molar-refractivity contribution is 5.46. The average molecular weight is 276 g/mol. The first-order chi connectivity index (χ1) is 8.92. The fourth-order valence-electron chi connectivity index (χ4n) is 1.32. The molecule has 0 heterocycles. The van der Waals surface area contributed by atoms with Gasteiger partial charge >= 0.3 is 6.18 Å². The summed E-state index contributed by atoms with van der Waals surface area (Å²) >= 11 is 0. The first-order valence-electron chi connectivity index (χ1n) is 5.51. The van der Waals surface area contributed by atoms with Crippen LogP contribution in [0, 0.1) is 17.7 Å². The Morgan fingerprint density at radius 3 is 2.63 bits per heavy atom. The second-order valence-electron chi connectivity index (χ2n) is 3.67. The molecule has 0 radical (unpaired) electrons. The van der Waals surface area contributed by atoms with E-state index in [1.165, 1.54) is 6.07 Å². The largest absolute Gasteiger partial charge is 0.492 e. The van der Waals surface area contributed by atoms with E-state index in [1.54, 1.807) is 0 Å². The number of aliphatic hydroxyl groups is 1. The van der Waals surface area contributed by atoms with Gasteiger partial charge in [0.2, 0.25) is 0 Å². The average Bonchev–Trinajstić information content (AvgIpc) is 2.32. The Labute approximate surface area is 108 Å². The van der Waals surface area contributed by atoms with Gasteiger partial charge in [-0.05, 0) is 24.6 Å². The van der Waals surface area contributed by atoms with E-state index in [9.17, 15) is 17.6 Å². The normalized spacial score (nSPS) is 10.8. The third-order valence-electron chi connectivity index (χ3n) is 2.11. The molecule has 1 rings (SSSR count). The molecule has 0 bridgehead atoms. The van der Waals surface area contributed by atoms with E-state index in [4.69, 9.17) is 9.84 Å². The van der Waals surface area contributed by atoms with Crippen molar-refractivity contribution in [1.82, 2.24) is 0 Å². The van der Waals surface area contributed by atoms with E-state index in [1.807, 2.05) is 0 Å². The smallest absolute Gasteiger partial charge is 0.389 e. The summed E-state index contributed by atoms with van der Waals surface area (Å²) in [5.74, 6) is 4.46. The van der Waals surface area contributed by atoms with Gasteiger partial charge < -0.3 is 9.84 Å². The number of rotatable bonds is 4. The Hall–Kier alpha value is -1.74. The standard InChI is InChI=1S/C13H12F4O2/c14-11-4-5-12(10(9-11)3-1-7-18)19-8-2-6-13(15,16)17/h4-5,9,18H,2,6-8H2. The Morgan fingerprint density at radius 1 is 1.26 bits per heavy atom. The van der Waals surface area contributed by atoms with E-state index < -0.39 is 25.0 Å². The van der Waals surface area contributed by atoms with Gasteiger partial charge in [0.15, 0.2) is 0 Å². The fourth-order valence-corrected chi connectivity index (χ4v) is 1.32. The molecule has 0 spiro atoms. The van der Waals surface area contributed by atoms with Crippen molar-refractivity contribution in [2.24, 2.45) is 0 Å². The number of halogens is 4. The number of alkyl halides is 3. The van der Waals surface area contributed by atoms with Crippen molar-refractivity contribution < 1.29 is 27.4 Å². The lowest BCUT2D eigenvalue weighted by molar-refractivity contribution is -0.136. The van der Waals surface area contributed by atoms with Gasteiger partial charge in [-0.3, -0.25) is 0 Å². The van der Waals surface area contributed by atoms with Crippen LogP contribution in [-0.2, 0) is 0 Å². The molecule has 6 heteroatoms. The molecule has 0 atom stereocenters. The maximum absolute atomic E-state index is 13.0. The van der Waals surface area contributed by atoms with Gasteiger partial charge in [0.05, 0.1) is 12.2 Å². The molecule has 0 aliphatic carbocycles. The van der Waals surface area contributed by atoms with Gasteiger partial charge in [-0.15, -0.1) is 0 Å². The van der Waals surface area contributed by atoms with E-state index in [2.05, 4.69) is 11.8 Å². The zero-order chi connectivity index (χ0) is 14.3. The second-order valence-corrected chi connectivity index (χ2v) is 3.67. The van der Waals surface area contributed by atoms with Crippen molar-refractivity contribution in [3.05, 3.63) is 29.6 Å². The van der Waals surface area contributed by atoms with Crippen LogP contribution < -0.4 is 4.74 Å². The third kappa shape index (κ3) is 6.11. The van der Waals surface area contributed by atoms with Crippen molar-refractivity contribution in [3.63, 3.8) is 0 Å². The molecule has 0 amide bonds. The lowest BCUT2D eigenvalue weighted by atomic mass is 10.2. The van der Waals surface area contributed by atoms with Gasteiger partial charge in [0.1, 0.15) is 18.2 Å². The van der Waals surface area contributed by atoms with Crippen LogP contribution in [0.2, 0.25) is 0 Å². The molecule has 0 aromatic heterocycles. The summed E-state index contributed by atoms with van der Waals surface area (Å²) in [5, 5.41) is 8.56. The second kappa shape index (κ2) is 7.00. The Kier molecular flexibility index (Phi) is 5.64. The van der Waals surface area contributed by atoms with E-state index in [-0.39, 0.29) is 24.3 Å². The minimum Gasteiger partial charge on any atom is -0.492 e. The van der Waals surface area contributed by atoms with Crippen molar-refractivity contribution in [2.45, 2.75) is 19.0 Å². The summed E-state index contributed by atoms with van der Waals surface area (Å²) in [6.07, 6.45) is -5.34. The van der Waals surface area contributed by atoms with E-state index >= 15 is 0 Å². The number of benzene rings is 1. The molecule has 0 saturated heterocycles. The van der Waals surface area contributed by atoms with Crippen molar-refractivity contribution >= 4 is 0 Å². The van der Waals surface area contributed by atoms with Crippen molar-refractivity contribution in [2.75, 3.05) is 13.2 Å². The topological polar surface area (TPSA) is 29.5 Å². The molecule has 1 N–H and O–H groups in total. The summed E-state index contributed by atoms with van der Waals surface area (Å²) < 4.78 is 53.9. The summed E-state index contributed by atoms with van der Waals surface area (Å²) in [7, 11) is 0. The molecule has 1 aromatic carbocycles. The highest BCUT2D eigenvalue weighted by Crippen LogP contribution is 2.23. The van der Waals surface area contributed by atoms with E-state index in [0.29, 0.717) is 0 Å². The summed E-state index contributed by atoms with van der Waals surface area (Å²) in [6, 6.07) is 3.52. The molecule has 2 nitrogen and oxygen atoms in total. The SMILES string of the molecule is OCC#Cc1cc(F)ccc1OCCCC(F)(F)F. The molecular weight excluding hydrogens is 264 g/mol. The van der Waals surface area contributed by atoms with Gasteiger partial charge in [-0.25, -0.2) is 4.39 Å². The maximum Gasteiger partial charge on any atom is 0.389 e. The maximum atomic E-state index is 13.0. The van der Waals surface area contributed by atoms with Crippen molar-refractivity contribution in [3.8, 4) is 17.6 Å². The molecular formula is C13H12F4O2. The fraction of sp³-hybridized carbons (Fsp3) is 0.385. The summed E-state index contributed by atoms with van der Waals surface area (Å²) in [5.41, 5.74) is 0.195. The van der Waals surface area contributed by atoms with Gasteiger partial charge in [-0.1, -0.05) is 11.8 Å². The van der Waals surface area contributed by atoms with Crippen LogP contribution in [0.25, 0.3) is 0 Å². The van der Waals surface area contributed by atoms with Crippen LogP contribution in [0.1, 0.15) is 18.4 Å². The van der Waals surface area contributed by atoms with Crippen LogP contribution >= 0.6 is 0 Å². The first-order valence-corrected chi connectivity index (χ1v) is 5.51. The van der Waals surface area contributed by atoms with Gasteiger partial charge in [-0.2, -0.15) is 13.2 Å².